The number of hydrogen-bond donors (Lipinski definition) is 2. The van der Waals surface area contributed by atoms with Crippen LogP contribution in [0, 0.1) is 0 Å². The maximum absolute atomic E-state index is 12.9. The highest BCUT2D eigenvalue weighted by Crippen LogP contribution is 2.30. The van der Waals surface area contributed by atoms with E-state index in [1.165, 1.54) is 12.3 Å². The first-order valence-electron chi connectivity index (χ1n) is 7.52. The van der Waals surface area contributed by atoms with Crippen molar-refractivity contribution in [3.8, 4) is 0 Å². The van der Waals surface area contributed by atoms with Crippen molar-refractivity contribution < 1.29 is 23.0 Å². The molecule has 2 heterocycles. The van der Waals surface area contributed by atoms with E-state index in [1.807, 2.05) is 0 Å². The smallest absolute Gasteiger partial charge is 0.388 e. The summed E-state index contributed by atoms with van der Waals surface area (Å²) < 4.78 is 43.9. The van der Waals surface area contributed by atoms with E-state index in [1.54, 1.807) is 6.92 Å². The van der Waals surface area contributed by atoms with Crippen molar-refractivity contribution in [3.63, 3.8) is 0 Å². The number of aromatic nitrogens is 1. The van der Waals surface area contributed by atoms with Gasteiger partial charge in [0, 0.05) is 38.9 Å². The summed E-state index contributed by atoms with van der Waals surface area (Å²) in [6.45, 7) is 4.99. The minimum Gasteiger partial charge on any atom is -0.388 e. The molecule has 0 amide bonds. The van der Waals surface area contributed by atoms with Crippen LogP contribution in [0.15, 0.2) is 18.3 Å². The summed E-state index contributed by atoms with van der Waals surface area (Å²) in [5.41, 5.74) is -1.85. The lowest BCUT2D eigenvalue weighted by atomic mass is 10.1. The Labute approximate surface area is 133 Å². The molecule has 1 aliphatic rings. The van der Waals surface area contributed by atoms with E-state index in [9.17, 15) is 18.3 Å². The fourth-order valence-electron chi connectivity index (χ4n) is 2.58. The topological polar surface area (TPSA) is 57.6 Å². The molecule has 1 aromatic heterocycles. The van der Waals surface area contributed by atoms with Gasteiger partial charge in [-0.2, -0.15) is 13.2 Å². The lowest BCUT2D eigenvalue weighted by Gasteiger charge is -2.34. The Morgan fingerprint density at radius 2 is 2.04 bits per heavy atom. The molecule has 23 heavy (non-hydrogen) atoms. The second kappa shape index (κ2) is 7.57. The van der Waals surface area contributed by atoms with Crippen molar-refractivity contribution in [2.75, 3.05) is 39.4 Å². The van der Waals surface area contributed by atoms with Crippen molar-refractivity contribution in [2.45, 2.75) is 25.2 Å². The highest BCUT2D eigenvalue weighted by molar-refractivity contribution is 5.22. The van der Waals surface area contributed by atoms with Gasteiger partial charge in [0.2, 0.25) is 0 Å². The third-order valence-electron chi connectivity index (χ3n) is 3.66. The van der Waals surface area contributed by atoms with Crippen LogP contribution in [0.1, 0.15) is 18.2 Å². The zero-order valence-electron chi connectivity index (χ0n) is 13.1. The predicted octanol–water partition coefficient (Wildman–Crippen LogP) is 1.27. The van der Waals surface area contributed by atoms with Gasteiger partial charge < -0.3 is 15.2 Å². The number of alkyl halides is 3. The van der Waals surface area contributed by atoms with Gasteiger partial charge in [-0.25, -0.2) is 0 Å². The molecule has 1 atom stereocenters. The average molecular weight is 333 g/mol. The van der Waals surface area contributed by atoms with Gasteiger partial charge in [0.05, 0.1) is 30.1 Å². The fraction of sp³-hybridized carbons (Fsp3) is 0.667. The number of aliphatic hydroxyl groups is 1. The summed E-state index contributed by atoms with van der Waals surface area (Å²) in [6, 6.07) is 2.27. The minimum atomic E-state index is -4.43. The van der Waals surface area contributed by atoms with Gasteiger partial charge >= 0.3 is 6.18 Å². The van der Waals surface area contributed by atoms with Crippen molar-refractivity contribution in [1.29, 1.82) is 0 Å². The Balaban J connectivity index is 1.86. The number of ether oxygens (including phenoxy) is 1. The number of β-amino-alcohol motifs (C(OH)–C–C–N with tert-alkyl or cyclic N) is 1. The second-order valence-electron chi connectivity index (χ2n) is 5.98. The molecule has 130 valence electrons. The van der Waals surface area contributed by atoms with Gasteiger partial charge in [-0.3, -0.25) is 9.88 Å². The van der Waals surface area contributed by atoms with Crippen LogP contribution in [0.4, 0.5) is 13.2 Å². The van der Waals surface area contributed by atoms with Crippen LogP contribution in [-0.4, -0.2) is 60.0 Å². The zero-order chi connectivity index (χ0) is 16.9. The fourth-order valence-corrected chi connectivity index (χ4v) is 2.58. The Morgan fingerprint density at radius 3 is 2.70 bits per heavy atom. The van der Waals surface area contributed by atoms with E-state index in [0.717, 1.165) is 19.2 Å². The van der Waals surface area contributed by atoms with E-state index in [2.05, 4.69) is 15.2 Å². The quantitative estimate of drug-likeness (QED) is 0.821. The molecule has 0 spiro atoms. The SMILES string of the molecule is CC(O)(CNCc1ncccc1C(F)(F)F)CN1CCOCC1. The Hall–Kier alpha value is -1.22. The molecule has 8 heteroatoms. The lowest BCUT2D eigenvalue weighted by molar-refractivity contribution is -0.138. The molecule has 1 unspecified atom stereocenters. The summed E-state index contributed by atoms with van der Waals surface area (Å²) in [5.74, 6) is 0. The van der Waals surface area contributed by atoms with Gasteiger partial charge in [0.25, 0.3) is 0 Å². The van der Waals surface area contributed by atoms with Crippen LogP contribution in [-0.2, 0) is 17.5 Å². The first kappa shape index (κ1) is 18.1. The molecule has 0 aromatic carbocycles. The molecule has 1 fully saturated rings. The number of morpholine rings is 1. The van der Waals surface area contributed by atoms with Crippen LogP contribution in [0.3, 0.4) is 0 Å². The third-order valence-corrected chi connectivity index (χ3v) is 3.66. The maximum Gasteiger partial charge on any atom is 0.418 e. The lowest BCUT2D eigenvalue weighted by Crippen LogP contribution is -2.50. The maximum atomic E-state index is 12.9. The van der Waals surface area contributed by atoms with E-state index in [0.29, 0.717) is 19.8 Å². The molecule has 2 N–H and O–H groups in total. The summed E-state index contributed by atoms with van der Waals surface area (Å²) >= 11 is 0. The van der Waals surface area contributed by atoms with Gasteiger partial charge in [-0.15, -0.1) is 0 Å². The van der Waals surface area contributed by atoms with Crippen molar-refractivity contribution >= 4 is 0 Å². The van der Waals surface area contributed by atoms with E-state index < -0.39 is 17.3 Å². The summed E-state index contributed by atoms with van der Waals surface area (Å²) in [4.78, 5) is 5.87. The van der Waals surface area contributed by atoms with Crippen LogP contribution in [0.2, 0.25) is 0 Å². The number of pyridine rings is 1. The van der Waals surface area contributed by atoms with Crippen molar-refractivity contribution in [3.05, 3.63) is 29.6 Å². The molecule has 0 bridgehead atoms. The molecule has 0 saturated carbocycles. The number of rotatable bonds is 6. The van der Waals surface area contributed by atoms with Crippen molar-refractivity contribution in [2.24, 2.45) is 0 Å². The predicted molar refractivity (Wildman–Crippen MR) is 78.8 cm³/mol. The normalized spacial score (nSPS) is 19.5. The second-order valence-corrected chi connectivity index (χ2v) is 5.98. The van der Waals surface area contributed by atoms with Gasteiger partial charge in [-0.1, -0.05) is 0 Å². The van der Waals surface area contributed by atoms with Gasteiger partial charge in [0.1, 0.15) is 0 Å². The van der Waals surface area contributed by atoms with Crippen LogP contribution >= 0.6 is 0 Å². The molecule has 0 aliphatic carbocycles. The van der Waals surface area contributed by atoms with Gasteiger partial charge in [-0.05, 0) is 19.1 Å². The molecular weight excluding hydrogens is 311 g/mol. The highest BCUT2D eigenvalue weighted by atomic mass is 19.4. The summed E-state index contributed by atoms with van der Waals surface area (Å²) in [5, 5.41) is 13.3. The average Bonchev–Trinajstić information content (AvgIpc) is 2.47. The van der Waals surface area contributed by atoms with Gasteiger partial charge in [0.15, 0.2) is 0 Å². The molecule has 2 rings (SSSR count). The van der Waals surface area contributed by atoms with Crippen molar-refractivity contribution in [1.82, 2.24) is 15.2 Å². The molecule has 5 nitrogen and oxygen atoms in total. The molecular formula is C15H22F3N3O2. The van der Waals surface area contributed by atoms with E-state index in [4.69, 9.17) is 4.74 Å². The highest BCUT2D eigenvalue weighted by Gasteiger charge is 2.34. The Morgan fingerprint density at radius 1 is 1.35 bits per heavy atom. The third kappa shape index (κ3) is 5.72. The zero-order valence-corrected chi connectivity index (χ0v) is 13.1. The number of nitrogens with one attached hydrogen (secondary N) is 1. The molecule has 1 aromatic rings. The van der Waals surface area contributed by atoms with Crippen LogP contribution in [0.5, 0.6) is 0 Å². The summed E-state index contributed by atoms with van der Waals surface area (Å²) in [6.07, 6.45) is -3.10. The first-order chi connectivity index (χ1) is 10.8. The first-order valence-corrected chi connectivity index (χ1v) is 7.52. The number of nitrogens with zero attached hydrogens (tertiary/aromatic N) is 2. The standard InChI is InChI=1S/C15H22F3N3O2/c1-14(22,11-21-5-7-23-8-6-21)10-19-9-13-12(15(16,17)18)3-2-4-20-13/h2-4,19,22H,5-11H2,1H3. The molecule has 1 aliphatic heterocycles. The molecule has 0 radical (unpaired) electrons. The molecule has 1 saturated heterocycles. The largest absolute Gasteiger partial charge is 0.418 e. The monoisotopic (exact) mass is 333 g/mol. The Bertz CT molecular complexity index is 503. The minimum absolute atomic E-state index is 0.0467. The van der Waals surface area contributed by atoms with E-state index in [-0.39, 0.29) is 18.8 Å². The van der Waals surface area contributed by atoms with Crippen LogP contribution < -0.4 is 5.32 Å². The summed E-state index contributed by atoms with van der Waals surface area (Å²) in [7, 11) is 0. The number of halogens is 3. The van der Waals surface area contributed by atoms with E-state index >= 15 is 0 Å². The number of hydrogen-bond acceptors (Lipinski definition) is 5. The Kier molecular flexibility index (Phi) is 5.96. The van der Waals surface area contributed by atoms with Crippen LogP contribution in [0.25, 0.3) is 0 Å².